The van der Waals surface area contributed by atoms with Crippen LogP contribution in [0.25, 0.3) is 22.6 Å². The topological polar surface area (TPSA) is 81.5 Å². The summed E-state index contributed by atoms with van der Waals surface area (Å²) >= 11 is 15.2. The first-order valence-electron chi connectivity index (χ1n) is 8.25. The van der Waals surface area contributed by atoms with Crippen LogP contribution in [0.2, 0.25) is 10.0 Å². The van der Waals surface area contributed by atoms with E-state index in [1.807, 2.05) is 0 Å². The number of aliphatic imine (C=N–C) groups is 1. The molecule has 4 aromatic rings. The number of nitro groups is 1. The smallest absolute Gasteiger partial charge is 0.284 e. The summed E-state index contributed by atoms with van der Waals surface area (Å²) in [5.41, 5.74) is 3.16. The number of rotatable bonds is 4. The van der Waals surface area contributed by atoms with Gasteiger partial charge in [0.2, 0.25) is 5.89 Å². The minimum Gasteiger partial charge on any atom is -0.436 e. The summed E-state index contributed by atoms with van der Waals surface area (Å²) in [7, 11) is 0. The minimum atomic E-state index is -0.451. The van der Waals surface area contributed by atoms with Crippen molar-refractivity contribution >= 4 is 67.8 Å². The Morgan fingerprint density at radius 2 is 1.90 bits per heavy atom. The van der Waals surface area contributed by atoms with Crippen LogP contribution in [0, 0.1) is 10.1 Å². The first kappa shape index (κ1) is 19.6. The van der Waals surface area contributed by atoms with Crippen LogP contribution in [0.15, 0.2) is 68.5 Å². The number of aromatic nitrogens is 1. The number of hydrogen-bond donors (Lipinski definition) is 0. The highest BCUT2D eigenvalue weighted by molar-refractivity contribution is 9.10. The fraction of sp³-hybridized carbons (Fsp3) is 0. The van der Waals surface area contributed by atoms with Gasteiger partial charge in [-0.1, -0.05) is 29.3 Å². The number of fused-ring (bicyclic) bond motifs is 1. The maximum atomic E-state index is 11.1. The summed E-state index contributed by atoms with van der Waals surface area (Å²) in [6.45, 7) is 0. The summed E-state index contributed by atoms with van der Waals surface area (Å²) in [6.07, 6.45) is 1.56. The monoisotopic (exact) mass is 489 g/mol. The highest BCUT2D eigenvalue weighted by Crippen LogP contribution is 2.31. The lowest BCUT2D eigenvalue weighted by atomic mass is 10.2. The van der Waals surface area contributed by atoms with Crippen LogP contribution in [0.3, 0.4) is 0 Å². The Bertz CT molecular complexity index is 1290. The van der Waals surface area contributed by atoms with Gasteiger partial charge >= 0.3 is 0 Å². The van der Waals surface area contributed by atoms with Crippen LogP contribution >= 0.6 is 39.1 Å². The van der Waals surface area contributed by atoms with Gasteiger partial charge in [0.1, 0.15) is 5.52 Å². The number of nitro benzene ring substituents is 1. The number of halogens is 3. The van der Waals surface area contributed by atoms with Crippen LogP contribution in [-0.4, -0.2) is 16.1 Å². The van der Waals surface area contributed by atoms with Crippen molar-refractivity contribution in [1.29, 1.82) is 0 Å². The van der Waals surface area contributed by atoms with Crippen molar-refractivity contribution in [3.05, 3.63) is 84.8 Å². The molecule has 0 bridgehead atoms. The zero-order valence-electron chi connectivity index (χ0n) is 14.5. The second-order valence-corrected chi connectivity index (χ2v) is 7.69. The largest absolute Gasteiger partial charge is 0.436 e. The molecule has 4 rings (SSSR count). The Labute approximate surface area is 183 Å². The van der Waals surface area contributed by atoms with Crippen LogP contribution < -0.4 is 0 Å². The fourth-order valence-electron chi connectivity index (χ4n) is 2.65. The molecule has 0 unspecified atom stereocenters. The summed E-state index contributed by atoms with van der Waals surface area (Å²) in [6, 6.07) is 15.2. The molecule has 0 amide bonds. The molecule has 6 nitrogen and oxygen atoms in total. The average Bonchev–Trinajstić information content (AvgIpc) is 3.12. The van der Waals surface area contributed by atoms with Crippen molar-refractivity contribution in [2.24, 2.45) is 4.99 Å². The molecule has 9 heteroatoms. The van der Waals surface area contributed by atoms with E-state index in [9.17, 15) is 10.1 Å². The normalized spacial score (nSPS) is 11.4. The predicted molar refractivity (Wildman–Crippen MR) is 118 cm³/mol. The van der Waals surface area contributed by atoms with Gasteiger partial charge in [-0.05, 0) is 64.0 Å². The van der Waals surface area contributed by atoms with Crippen molar-refractivity contribution in [3.63, 3.8) is 0 Å². The number of benzene rings is 3. The highest BCUT2D eigenvalue weighted by atomic mass is 79.9. The maximum absolute atomic E-state index is 11.1. The van der Waals surface area contributed by atoms with Crippen molar-refractivity contribution in [3.8, 4) is 11.5 Å². The summed E-state index contributed by atoms with van der Waals surface area (Å²) < 4.78 is 6.19. The van der Waals surface area contributed by atoms with E-state index in [0.717, 1.165) is 0 Å². The Morgan fingerprint density at radius 1 is 1.07 bits per heavy atom. The SMILES string of the molecule is O=[N+]([O-])c1cc(C=Nc2ccc3oc(-c4ccc(Cl)c(Cl)c4)nc3c2)ccc1Br. The number of oxazole rings is 1. The van der Waals surface area contributed by atoms with E-state index in [0.29, 0.717) is 48.3 Å². The molecule has 1 heterocycles. The molecule has 29 heavy (non-hydrogen) atoms. The van der Waals surface area contributed by atoms with E-state index in [2.05, 4.69) is 25.9 Å². The Balaban J connectivity index is 1.64. The van der Waals surface area contributed by atoms with Gasteiger partial charge in [0, 0.05) is 17.8 Å². The molecule has 0 saturated carbocycles. The molecule has 3 aromatic carbocycles. The second-order valence-electron chi connectivity index (χ2n) is 6.03. The van der Waals surface area contributed by atoms with Crippen molar-refractivity contribution < 1.29 is 9.34 Å². The van der Waals surface area contributed by atoms with Gasteiger partial charge in [0.15, 0.2) is 5.58 Å². The van der Waals surface area contributed by atoms with Crippen LogP contribution in [0.5, 0.6) is 0 Å². The zero-order valence-corrected chi connectivity index (χ0v) is 17.6. The molecule has 144 valence electrons. The second kappa shape index (κ2) is 7.94. The zero-order chi connectivity index (χ0) is 20.5. The lowest BCUT2D eigenvalue weighted by Crippen LogP contribution is -1.91. The van der Waals surface area contributed by atoms with E-state index in [1.165, 1.54) is 6.07 Å². The molecule has 1 aromatic heterocycles. The van der Waals surface area contributed by atoms with Crippen molar-refractivity contribution in [2.45, 2.75) is 0 Å². The third-order valence-electron chi connectivity index (χ3n) is 4.07. The number of nitrogens with zero attached hydrogens (tertiary/aromatic N) is 3. The lowest BCUT2D eigenvalue weighted by molar-refractivity contribution is -0.385. The van der Waals surface area contributed by atoms with Gasteiger partial charge in [-0.3, -0.25) is 15.1 Å². The van der Waals surface area contributed by atoms with E-state index < -0.39 is 4.92 Å². The third kappa shape index (κ3) is 4.17. The van der Waals surface area contributed by atoms with E-state index in [1.54, 1.807) is 54.7 Å². The molecule has 0 spiro atoms. The molecular weight excluding hydrogens is 481 g/mol. The Hall–Kier alpha value is -2.74. The number of hydrogen-bond acceptors (Lipinski definition) is 5. The quantitative estimate of drug-likeness (QED) is 0.172. The van der Waals surface area contributed by atoms with Crippen LogP contribution in [0.1, 0.15) is 5.56 Å². The predicted octanol–water partition coefficient (Wildman–Crippen LogP) is 7.22. The molecule has 0 fully saturated rings. The molecular formula is C20H10BrCl2N3O3. The highest BCUT2D eigenvalue weighted by Gasteiger charge is 2.12. The fourth-order valence-corrected chi connectivity index (χ4v) is 3.34. The Kier molecular flexibility index (Phi) is 5.36. The summed E-state index contributed by atoms with van der Waals surface area (Å²) in [4.78, 5) is 19.5. The van der Waals surface area contributed by atoms with Gasteiger partial charge in [-0.15, -0.1) is 0 Å². The Morgan fingerprint density at radius 3 is 2.66 bits per heavy atom. The third-order valence-corrected chi connectivity index (χ3v) is 5.48. The van der Waals surface area contributed by atoms with Gasteiger partial charge in [0.25, 0.3) is 5.69 Å². The van der Waals surface area contributed by atoms with Crippen molar-refractivity contribution in [2.75, 3.05) is 0 Å². The maximum Gasteiger partial charge on any atom is 0.284 e. The van der Waals surface area contributed by atoms with E-state index in [4.69, 9.17) is 27.6 Å². The molecule has 0 radical (unpaired) electrons. The first-order valence-corrected chi connectivity index (χ1v) is 9.79. The van der Waals surface area contributed by atoms with Gasteiger partial charge < -0.3 is 4.42 Å². The summed E-state index contributed by atoms with van der Waals surface area (Å²) in [5.74, 6) is 0.420. The first-order chi connectivity index (χ1) is 13.9. The van der Waals surface area contributed by atoms with Crippen LogP contribution in [0.4, 0.5) is 11.4 Å². The molecule has 0 atom stereocenters. The average molecular weight is 491 g/mol. The molecule has 0 saturated heterocycles. The summed E-state index contributed by atoms with van der Waals surface area (Å²) in [5, 5.41) is 11.9. The minimum absolute atomic E-state index is 0.0211. The van der Waals surface area contributed by atoms with Crippen LogP contribution in [-0.2, 0) is 0 Å². The standard InChI is InChI=1S/C20H10BrCl2N3O3/c21-14-4-1-11(7-18(14)26(27)28)10-24-13-3-6-19-17(9-13)25-20(29-19)12-2-5-15(22)16(23)8-12/h1-10H. The molecule has 0 aliphatic carbocycles. The van der Waals surface area contributed by atoms with E-state index in [-0.39, 0.29) is 5.69 Å². The van der Waals surface area contributed by atoms with E-state index >= 15 is 0 Å². The molecule has 0 N–H and O–H groups in total. The van der Waals surface area contributed by atoms with Gasteiger partial charge in [-0.25, -0.2) is 4.98 Å². The van der Waals surface area contributed by atoms with Crippen molar-refractivity contribution in [1.82, 2.24) is 4.98 Å². The molecule has 0 aliphatic heterocycles. The molecule has 0 aliphatic rings. The van der Waals surface area contributed by atoms with Gasteiger partial charge in [0.05, 0.1) is 25.1 Å². The lowest BCUT2D eigenvalue weighted by Gasteiger charge is -1.97. The van der Waals surface area contributed by atoms with Gasteiger partial charge in [-0.2, -0.15) is 0 Å².